The third-order valence-corrected chi connectivity index (χ3v) is 2.25. The van der Waals surface area contributed by atoms with Gasteiger partial charge in [0.2, 0.25) is 5.95 Å². The number of pyridine rings is 1. The fourth-order valence-electron chi connectivity index (χ4n) is 1.13. The summed E-state index contributed by atoms with van der Waals surface area (Å²) in [5, 5.41) is 18.8. The van der Waals surface area contributed by atoms with Crippen LogP contribution in [0.1, 0.15) is 22.0 Å². The molecule has 6 heteroatoms. The van der Waals surface area contributed by atoms with E-state index in [9.17, 15) is 19.4 Å². The van der Waals surface area contributed by atoms with E-state index in [4.69, 9.17) is 11.6 Å². The molecule has 0 radical (unpaired) electrons. The monoisotopic (exact) mass is 233 g/mol. The molecule has 0 bridgehead atoms. The van der Waals surface area contributed by atoms with E-state index in [1.54, 1.807) is 0 Å². The third-order valence-electron chi connectivity index (χ3n) is 1.93. The molecule has 1 rings (SSSR count). The highest BCUT2D eigenvalue weighted by Crippen LogP contribution is 2.21. The summed E-state index contributed by atoms with van der Waals surface area (Å²) in [4.78, 5) is 13.8. The Balaban J connectivity index is 3.13. The maximum Gasteiger partial charge on any atom is 0.223 e. The van der Waals surface area contributed by atoms with Gasteiger partial charge in [0.05, 0.1) is 17.5 Å². The largest absolute Gasteiger partial charge is 0.389 e. The van der Waals surface area contributed by atoms with E-state index in [1.165, 1.54) is 6.07 Å². The molecule has 2 unspecified atom stereocenters. The molecular formula is C9H9ClFNO3. The number of halogens is 2. The van der Waals surface area contributed by atoms with E-state index < -0.39 is 18.2 Å². The van der Waals surface area contributed by atoms with Crippen molar-refractivity contribution in [1.82, 2.24) is 4.98 Å². The first-order valence-electron chi connectivity index (χ1n) is 4.13. The number of aromatic nitrogens is 1. The van der Waals surface area contributed by atoms with Crippen molar-refractivity contribution in [3.8, 4) is 0 Å². The molecule has 1 aromatic rings. The number of carbonyl (C=O) groups is 1. The molecule has 4 nitrogen and oxygen atoms in total. The van der Waals surface area contributed by atoms with Crippen LogP contribution in [0, 0.1) is 5.95 Å². The molecule has 0 amide bonds. The van der Waals surface area contributed by atoms with E-state index in [-0.39, 0.29) is 23.3 Å². The molecule has 82 valence electrons. The van der Waals surface area contributed by atoms with Gasteiger partial charge in [-0.05, 0) is 11.6 Å². The highest BCUT2D eigenvalue weighted by atomic mass is 35.5. The van der Waals surface area contributed by atoms with Crippen molar-refractivity contribution in [2.24, 2.45) is 0 Å². The molecule has 1 heterocycles. The first-order chi connectivity index (χ1) is 7.11. The lowest BCUT2D eigenvalue weighted by Crippen LogP contribution is -2.21. The smallest absolute Gasteiger partial charge is 0.223 e. The molecule has 0 aliphatic carbocycles. The number of carbonyl (C=O) groups excluding carboxylic acids is 1. The van der Waals surface area contributed by atoms with Crippen molar-refractivity contribution < 1.29 is 19.4 Å². The Hall–Kier alpha value is -1.04. The fourth-order valence-corrected chi connectivity index (χ4v) is 1.30. The summed E-state index contributed by atoms with van der Waals surface area (Å²) in [6.45, 7) is 0. The van der Waals surface area contributed by atoms with Gasteiger partial charge in [-0.15, -0.1) is 11.6 Å². The van der Waals surface area contributed by atoms with Crippen molar-refractivity contribution >= 4 is 17.9 Å². The van der Waals surface area contributed by atoms with Crippen LogP contribution in [-0.4, -0.2) is 33.5 Å². The Labute approximate surface area is 90.3 Å². The maximum absolute atomic E-state index is 13.0. The van der Waals surface area contributed by atoms with Crippen LogP contribution in [0.3, 0.4) is 0 Å². The SMILES string of the molecule is O=Cc1c(C(O)C(O)CCl)ccnc1F. The van der Waals surface area contributed by atoms with E-state index in [2.05, 4.69) is 4.98 Å². The summed E-state index contributed by atoms with van der Waals surface area (Å²) >= 11 is 5.32. The lowest BCUT2D eigenvalue weighted by atomic mass is 10.0. The molecule has 0 fully saturated rings. The molecule has 0 aliphatic rings. The van der Waals surface area contributed by atoms with Crippen LogP contribution >= 0.6 is 11.6 Å². The summed E-state index contributed by atoms with van der Waals surface area (Å²) in [6.07, 6.45) is -1.32. The third kappa shape index (κ3) is 2.50. The molecule has 2 atom stereocenters. The van der Waals surface area contributed by atoms with Crippen LogP contribution in [-0.2, 0) is 0 Å². The minimum atomic E-state index is -1.40. The van der Waals surface area contributed by atoms with Gasteiger partial charge in [-0.25, -0.2) is 4.98 Å². The number of hydrogen-bond acceptors (Lipinski definition) is 4. The lowest BCUT2D eigenvalue weighted by molar-refractivity contribution is 0.0320. The average molecular weight is 234 g/mol. The molecule has 15 heavy (non-hydrogen) atoms. The fraction of sp³-hybridized carbons (Fsp3) is 0.333. The van der Waals surface area contributed by atoms with Crippen LogP contribution < -0.4 is 0 Å². The summed E-state index contributed by atoms with van der Waals surface area (Å²) in [7, 11) is 0. The summed E-state index contributed by atoms with van der Waals surface area (Å²) in [6, 6.07) is 1.26. The number of aliphatic hydroxyl groups is 2. The molecular weight excluding hydrogens is 225 g/mol. The van der Waals surface area contributed by atoms with E-state index in [0.717, 1.165) is 6.20 Å². The number of aldehydes is 1. The maximum atomic E-state index is 13.0. The normalized spacial score (nSPS) is 14.7. The second-order valence-electron chi connectivity index (χ2n) is 2.89. The van der Waals surface area contributed by atoms with Gasteiger partial charge in [0.15, 0.2) is 6.29 Å². The van der Waals surface area contributed by atoms with Crippen molar-refractivity contribution in [2.75, 3.05) is 5.88 Å². The number of rotatable bonds is 4. The lowest BCUT2D eigenvalue weighted by Gasteiger charge is -2.16. The summed E-state index contributed by atoms with van der Waals surface area (Å²) < 4.78 is 13.0. The number of hydrogen-bond donors (Lipinski definition) is 2. The zero-order valence-electron chi connectivity index (χ0n) is 7.60. The first-order valence-corrected chi connectivity index (χ1v) is 4.67. The van der Waals surface area contributed by atoms with Crippen LogP contribution in [0.25, 0.3) is 0 Å². The molecule has 0 saturated carbocycles. The zero-order chi connectivity index (χ0) is 11.4. The summed E-state index contributed by atoms with van der Waals surface area (Å²) in [5.41, 5.74) is -0.389. The topological polar surface area (TPSA) is 70.4 Å². The molecule has 0 aliphatic heterocycles. The number of aliphatic hydroxyl groups excluding tert-OH is 2. The molecule has 1 aromatic heterocycles. The Bertz CT molecular complexity index is 361. The Morgan fingerprint density at radius 1 is 1.60 bits per heavy atom. The van der Waals surface area contributed by atoms with Crippen LogP contribution in [0.5, 0.6) is 0 Å². The van der Waals surface area contributed by atoms with Crippen LogP contribution in [0.4, 0.5) is 4.39 Å². The van der Waals surface area contributed by atoms with Gasteiger partial charge >= 0.3 is 0 Å². The van der Waals surface area contributed by atoms with Crippen molar-refractivity contribution in [2.45, 2.75) is 12.2 Å². The zero-order valence-corrected chi connectivity index (χ0v) is 8.36. The molecule has 2 N–H and O–H groups in total. The Morgan fingerprint density at radius 2 is 2.27 bits per heavy atom. The molecule has 0 aromatic carbocycles. The van der Waals surface area contributed by atoms with E-state index in [0.29, 0.717) is 0 Å². The number of nitrogens with zero attached hydrogens (tertiary/aromatic N) is 1. The van der Waals surface area contributed by atoms with Gasteiger partial charge in [-0.2, -0.15) is 4.39 Å². The Kier molecular flexibility index (Phi) is 4.14. The molecule has 0 spiro atoms. The van der Waals surface area contributed by atoms with E-state index >= 15 is 0 Å². The highest BCUT2D eigenvalue weighted by molar-refractivity contribution is 6.18. The summed E-state index contributed by atoms with van der Waals surface area (Å²) in [5.74, 6) is -1.20. The minimum Gasteiger partial charge on any atom is -0.389 e. The highest BCUT2D eigenvalue weighted by Gasteiger charge is 2.22. The van der Waals surface area contributed by atoms with Crippen molar-refractivity contribution in [3.05, 3.63) is 29.3 Å². The average Bonchev–Trinajstić information content (AvgIpc) is 2.26. The quantitative estimate of drug-likeness (QED) is 0.456. The number of alkyl halides is 1. The standard InChI is InChI=1S/C9H9ClFNO3/c10-3-7(14)8(15)5-1-2-12-9(11)6(5)4-13/h1-2,4,7-8,14-15H,3H2. The predicted octanol–water partition coefficient (Wildman–Crippen LogP) is 0.666. The second-order valence-corrected chi connectivity index (χ2v) is 3.20. The van der Waals surface area contributed by atoms with Gasteiger partial charge in [0.25, 0.3) is 0 Å². The van der Waals surface area contributed by atoms with Crippen molar-refractivity contribution in [3.63, 3.8) is 0 Å². The van der Waals surface area contributed by atoms with Gasteiger partial charge in [-0.1, -0.05) is 0 Å². The van der Waals surface area contributed by atoms with Gasteiger partial charge in [0, 0.05) is 6.20 Å². The van der Waals surface area contributed by atoms with Gasteiger partial charge in [0.1, 0.15) is 6.10 Å². The minimum absolute atomic E-state index is 0.0225. The van der Waals surface area contributed by atoms with Crippen molar-refractivity contribution in [1.29, 1.82) is 0 Å². The van der Waals surface area contributed by atoms with E-state index in [1.807, 2.05) is 0 Å². The second kappa shape index (κ2) is 5.16. The first kappa shape index (κ1) is 12.0. The van der Waals surface area contributed by atoms with Crippen LogP contribution in [0.15, 0.2) is 12.3 Å². The molecule has 0 saturated heterocycles. The van der Waals surface area contributed by atoms with Gasteiger partial charge in [-0.3, -0.25) is 4.79 Å². The van der Waals surface area contributed by atoms with Crippen LogP contribution in [0.2, 0.25) is 0 Å². The Morgan fingerprint density at radius 3 is 2.80 bits per heavy atom. The van der Waals surface area contributed by atoms with Gasteiger partial charge < -0.3 is 10.2 Å². The predicted molar refractivity (Wildman–Crippen MR) is 51.3 cm³/mol.